The van der Waals surface area contributed by atoms with E-state index >= 15 is 0 Å². The zero-order valence-corrected chi connectivity index (χ0v) is 17.6. The van der Waals surface area contributed by atoms with E-state index in [2.05, 4.69) is 6.92 Å². The van der Waals surface area contributed by atoms with Gasteiger partial charge in [-0.05, 0) is 18.6 Å². The first-order valence-corrected chi connectivity index (χ1v) is 11.8. The highest BCUT2D eigenvalue weighted by Gasteiger charge is 2.08. The molecule has 0 aliphatic carbocycles. The molecule has 150 valence electrons. The maximum atomic E-state index is 9.73. The van der Waals surface area contributed by atoms with E-state index in [0.717, 1.165) is 6.42 Å². The molecule has 1 aromatic rings. The van der Waals surface area contributed by atoms with E-state index in [9.17, 15) is 4.89 Å². The van der Waals surface area contributed by atoms with Gasteiger partial charge in [0.15, 0.2) is 0 Å². The third-order valence-electron chi connectivity index (χ3n) is 4.63. The molecule has 0 aliphatic heterocycles. The van der Waals surface area contributed by atoms with Gasteiger partial charge in [0.05, 0.1) is 6.61 Å². The van der Waals surface area contributed by atoms with Crippen LogP contribution in [0.2, 0.25) is 0 Å². The smallest absolute Gasteiger partial charge is 0.394 e. The zero-order chi connectivity index (χ0) is 18.7. The first kappa shape index (κ1) is 23.4. The number of benzene rings is 1. The lowest BCUT2D eigenvalue weighted by atomic mass is 10.0. The third kappa shape index (κ3) is 14.5. The van der Waals surface area contributed by atoms with Gasteiger partial charge in [-0.3, -0.25) is 0 Å². The van der Waals surface area contributed by atoms with E-state index in [1.807, 2.05) is 30.3 Å². The molecule has 0 saturated carbocycles. The third-order valence-corrected chi connectivity index (χ3v) is 5.40. The summed E-state index contributed by atoms with van der Waals surface area (Å²) in [5.74, 6) is 0.655. The van der Waals surface area contributed by atoms with Crippen molar-refractivity contribution < 1.29 is 13.9 Å². The van der Waals surface area contributed by atoms with Gasteiger partial charge in [0, 0.05) is 0 Å². The monoisotopic (exact) mass is 382 g/mol. The highest BCUT2D eigenvalue weighted by Crippen LogP contribution is 2.34. The summed E-state index contributed by atoms with van der Waals surface area (Å²) in [5, 5.41) is 0. The summed E-state index contributed by atoms with van der Waals surface area (Å²) in [5.41, 5.74) is 0. The topological polar surface area (TPSA) is 38.7 Å². The molecule has 4 heteroatoms. The molecule has 1 rings (SSSR count). The molecule has 1 unspecified atom stereocenters. The Kier molecular flexibility index (Phi) is 16.0. The average molecular weight is 383 g/mol. The fourth-order valence-electron chi connectivity index (χ4n) is 3.04. The average Bonchev–Trinajstić information content (AvgIpc) is 2.65. The second-order valence-corrected chi connectivity index (χ2v) is 7.99. The number of para-hydroxylation sites is 1. The predicted octanol–water partition coefficient (Wildman–Crippen LogP) is 7.78. The van der Waals surface area contributed by atoms with Gasteiger partial charge in [-0.25, -0.2) is 0 Å². The summed E-state index contributed by atoms with van der Waals surface area (Å²) in [6.07, 6.45) is 18.8. The second-order valence-electron chi connectivity index (χ2n) is 7.07. The Labute approximate surface area is 162 Å². The fraction of sp³-hybridized carbons (Fsp3) is 0.727. The molecular formula is C22H39O3P. The Balaban J connectivity index is 1.77. The maximum Gasteiger partial charge on any atom is 0.394 e. The van der Waals surface area contributed by atoms with E-state index in [-0.39, 0.29) is 0 Å². The molecule has 26 heavy (non-hydrogen) atoms. The minimum absolute atomic E-state index is 0.576. The van der Waals surface area contributed by atoms with E-state index in [4.69, 9.17) is 9.05 Å². The van der Waals surface area contributed by atoms with Crippen molar-refractivity contribution in [3.63, 3.8) is 0 Å². The van der Waals surface area contributed by atoms with Gasteiger partial charge in [-0.1, -0.05) is 109 Å². The summed E-state index contributed by atoms with van der Waals surface area (Å²) in [7, 11) is -1.80. The van der Waals surface area contributed by atoms with Gasteiger partial charge in [0.2, 0.25) is 0 Å². The SMILES string of the molecule is CCCCCCCCCCCCCCCCOP(O)Oc1ccccc1. The van der Waals surface area contributed by atoms with Crippen LogP contribution in [0, 0.1) is 0 Å². The maximum absolute atomic E-state index is 9.73. The van der Waals surface area contributed by atoms with Crippen molar-refractivity contribution in [1.82, 2.24) is 0 Å². The second kappa shape index (κ2) is 17.8. The van der Waals surface area contributed by atoms with E-state index in [1.165, 1.54) is 83.5 Å². The number of hydrogen-bond donors (Lipinski definition) is 1. The molecule has 0 aliphatic rings. The molecule has 1 atom stereocenters. The van der Waals surface area contributed by atoms with E-state index in [0.29, 0.717) is 12.4 Å². The van der Waals surface area contributed by atoms with Crippen LogP contribution in [0.25, 0.3) is 0 Å². The summed E-state index contributed by atoms with van der Waals surface area (Å²) < 4.78 is 10.7. The van der Waals surface area contributed by atoms with Crippen LogP contribution in [0.3, 0.4) is 0 Å². The highest BCUT2D eigenvalue weighted by molar-refractivity contribution is 7.41. The van der Waals surface area contributed by atoms with Gasteiger partial charge in [0.1, 0.15) is 5.75 Å². The van der Waals surface area contributed by atoms with Crippen LogP contribution in [0.1, 0.15) is 96.8 Å². The van der Waals surface area contributed by atoms with Crippen molar-refractivity contribution in [2.75, 3.05) is 6.61 Å². The molecule has 0 spiro atoms. The molecule has 0 heterocycles. The first-order chi connectivity index (χ1) is 12.8. The standard InChI is InChI=1S/C22H39O3P/c1-2-3-4-5-6-7-8-9-10-11-12-13-14-18-21-24-26(23)25-22-19-16-15-17-20-22/h15-17,19-20,23H,2-14,18,21H2,1H3. The van der Waals surface area contributed by atoms with Crippen molar-refractivity contribution in [2.24, 2.45) is 0 Å². The van der Waals surface area contributed by atoms with Crippen LogP contribution in [-0.4, -0.2) is 11.5 Å². The van der Waals surface area contributed by atoms with Crippen molar-refractivity contribution in [3.8, 4) is 5.75 Å². The van der Waals surface area contributed by atoms with Crippen molar-refractivity contribution in [2.45, 2.75) is 96.8 Å². The van der Waals surface area contributed by atoms with Gasteiger partial charge < -0.3 is 13.9 Å². The molecule has 1 N–H and O–H groups in total. The Morgan fingerprint density at radius 1 is 0.692 bits per heavy atom. The summed E-state index contributed by atoms with van der Waals surface area (Å²) >= 11 is 0. The summed E-state index contributed by atoms with van der Waals surface area (Å²) in [4.78, 5) is 9.73. The van der Waals surface area contributed by atoms with Crippen LogP contribution in [-0.2, 0) is 4.52 Å². The predicted molar refractivity (Wildman–Crippen MR) is 112 cm³/mol. The lowest BCUT2D eigenvalue weighted by Gasteiger charge is -2.11. The molecule has 0 radical (unpaired) electrons. The van der Waals surface area contributed by atoms with Gasteiger partial charge in [-0.2, -0.15) is 0 Å². The lowest BCUT2D eigenvalue weighted by Crippen LogP contribution is -1.95. The van der Waals surface area contributed by atoms with Gasteiger partial charge in [-0.15, -0.1) is 0 Å². The van der Waals surface area contributed by atoms with Crippen LogP contribution in [0.5, 0.6) is 5.75 Å². The minimum atomic E-state index is -1.80. The molecule has 0 bridgehead atoms. The van der Waals surface area contributed by atoms with Crippen LogP contribution in [0.15, 0.2) is 30.3 Å². The fourth-order valence-corrected chi connectivity index (χ4v) is 3.68. The van der Waals surface area contributed by atoms with Crippen LogP contribution >= 0.6 is 8.60 Å². The van der Waals surface area contributed by atoms with Crippen molar-refractivity contribution in [3.05, 3.63) is 30.3 Å². The highest BCUT2D eigenvalue weighted by atomic mass is 31.2. The van der Waals surface area contributed by atoms with Gasteiger partial charge in [0.25, 0.3) is 0 Å². The Morgan fingerprint density at radius 3 is 1.65 bits per heavy atom. The van der Waals surface area contributed by atoms with Crippen molar-refractivity contribution in [1.29, 1.82) is 0 Å². The number of unbranched alkanes of at least 4 members (excludes halogenated alkanes) is 13. The first-order valence-electron chi connectivity index (χ1n) is 10.7. The Morgan fingerprint density at radius 2 is 1.15 bits per heavy atom. The number of hydrogen-bond acceptors (Lipinski definition) is 3. The Hall–Kier alpha value is -0.630. The zero-order valence-electron chi connectivity index (χ0n) is 16.7. The molecule has 0 saturated heterocycles. The molecule has 3 nitrogen and oxygen atoms in total. The minimum Gasteiger partial charge on any atom is -0.427 e. The molecular weight excluding hydrogens is 343 g/mol. The van der Waals surface area contributed by atoms with Crippen LogP contribution < -0.4 is 4.52 Å². The molecule has 1 aromatic carbocycles. The molecule has 0 aromatic heterocycles. The quantitative estimate of drug-likeness (QED) is 0.208. The normalized spacial score (nSPS) is 12.2. The van der Waals surface area contributed by atoms with E-state index in [1.54, 1.807) is 0 Å². The largest absolute Gasteiger partial charge is 0.427 e. The van der Waals surface area contributed by atoms with E-state index < -0.39 is 8.60 Å². The van der Waals surface area contributed by atoms with Crippen molar-refractivity contribution >= 4 is 8.60 Å². The lowest BCUT2D eigenvalue weighted by molar-refractivity contribution is 0.253. The van der Waals surface area contributed by atoms with Crippen LogP contribution in [0.4, 0.5) is 0 Å². The number of rotatable bonds is 18. The van der Waals surface area contributed by atoms with Gasteiger partial charge >= 0.3 is 8.60 Å². The molecule has 0 amide bonds. The Bertz CT molecular complexity index is 400. The summed E-state index contributed by atoms with van der Waals surface area (Å²) in [6.45, 7) is 2.85. The molecule has 0 fully saturated rings. The summed E-state index contributed by atoms with van der Waals surface area (Å²) in [6, 6.07) is 9.32.